The molecule has 1 N–H and O–H groups in total. The van der Waals surface area contributed by atoms with Crippen LogP contribution < -0.4 is 15.0 Å². The van der Waals surface area contributed by atoms with Gasteiger partial charge in [-0.15, -0.1) is 5.10 Å². The van der Waals surface area contributed by atoms with E-state index in [1.807, 2.05) is 13.0 Å². The van der Waals surface area contributed by atoms with Gasteiger partial charge in [0, 0.05) is 43.2 Å². The number of anilines is 2. The van der Waals surface area contributed by atoms with Crippen molar-refractivity contribution in [1.82, 2.24) is 24.7 Å². The van der Waals surface area contributed by atoms with Crippen molar-refractivity contribution < 1.29 is 9.13 Å². The lowest BCUT2D eigenvalue weighted by atomic mass is 9.92. The molecule has 1 aliphatic carbocycles. The Bertz CT molecular complexity index is 1140. The lowest BCUT2D eigenvalue weighted by Crippen LogP contribution is -2.48. The molecule has 0 spiro atoms. The smallest absolute Gasteiger partial charge is 0.326 e. The van der Waals surface area contributed by atoms with E-state index in [9.17, 15) is 4.39 Å². The van der Waals surface area contributed by atoms with Gasteiger partial charge < -0.3 is 15.0 Å². The van der Waals surface area contributed by atoms with Gasteiger partial charge in [0.2, 0.25) is 5.95 Å². The molecule has 0 unspecified atom stereocenters. The lowest BCUT2D eigenvalue weighted by Gasteiger charge is -2.38. The van der Waals surface area contributed by atoms with Gasteiger partial charge in [0.1, 0.15) is 23.7 Å². The molecule has 8 nitrogen and oxygen atoms in total. The summed E-state index contributed by atoms with van der Waals surface area (Å²) in [6.07, 6.45) is 5.41. The van der Waals surface area contributed by atoms with Gasteiger partial charge in [0.05, 0.1) is 5.02 Å². The average molecular weight is 456 g/mol. The molecule has 2 bridgehead atoms. The summed E-state index contributed by atoms with van der Waals surface area (Å²) in [5.41, 5.74) is 0.969. The summed E-state index contributed by atoms with van der Waals surface area (Å²) in [5.74, 6) is 2.23. The van der Waals surface area contributed by atoms with Crippen molar-refractivity contribution in [1.29, 1.82) is 0 Å². The van der Waals surface area contributed by atoms with Crippen LogP contribution in [0.1, 0.15) is 18.5 Å². The van der Waals surface area contributed by atoms with E-state index >= 15 is 0 Å². The minimum atomic E-state index is -0.509. The number of piperidine rings is 1. The zero-order valence-electron chi connectivity index (χ0n) is 17.6. The van der Waals surface area contributed by atoms with Crippen LogP contribution in [0.2, 0.25) is 5.02 Å². The number of aryl methyl sites for hydroxylation is 1. The number of benzene rings is 1. The Morgan fingerprint density at radius 3 is 2.69 bits per heavy atom. The van der Waals surface area contributed by atoms with Crippen LogP contribution in [-0.2, 0) is 0 Å². The highest BCUT2D eigenvalue weighted by Crippen LogP contribution is 2.40. The second kappa shape index (κ2) is 8.38. The number of hydrogen-bond donors (Lipinski definition) is 1. The summed E-state index contributed by atoms with van der Waals surface area (Å²) < 4.78 is 20.6. The Morgan fingerprint density at radius 2 is 2.00 bits per heavy atom. The molecule has 0 radical (unpaired) electrons. The minimum absolute atomic E-state index is 0.0206. The van der Waals surface area contributed by atoms with E-state index in [4.69, 9.17) is 16.3 Å². The third-order valence-corrected chi connectivity index (χ3v) is 6.41. The third kappa shape index (κ3) is 4.00. The zero-order chi connectivity index (χ0) is 22.2. The number of rotatable bonds is 6. The third-order valence-electron chi connectivity index (χ3n) is 6.12. The lowest BCUT2D eigenvalue weighted by molar-refractivity contribution is 0.374. The fraction of sp³-hybridized carbons (Fsp3) is 0.364. The molecule has 10 heteroatoms. The van der Waals surface area contributed by atoms with Crippen molar-refractivity contribution in [2.45, 2.75) is 25.8 Å². The molecule has 0 amide bonds. The van der Waals surface area contributed by atoms with Crippen molar-refractivity contribution in [2.75, 3.05) is 23.3 Å². The van der Waals surface area contributed by atoms with Crippen molar-refractivity contribution >= 4 is 29.6 Å². The number of aromatic nitrogens is 5. The summed E-state index contributed by atoms with van der Waals surface area (Å²) in [7, 11) is 0. The maximum Gasteiger partial charge on any atom is 0.326 e. The first kappa shape index (κ1) is 20.7. The van der Waals surface area contributed by atoms with Crippen LogP contribution in [0.3, 0.4) is 0 Å². The second-order valence-electron chi connectivity index (χ2n) is 8.21. The van der Waals surface area contributed by atoms with E-state index in [0.717, 1.165) is 37.4 Å². The van der Waals surface area contributed by atoms with E-state index in [0.29, 0.717) is 23.5 Å². The predicted molar refractivity (Wildman–Crippen MR) is 120 cm³/mol. The molecule has 1 aliphatic heterocycles. The van der Waals surface area contributed by atoms with Crippen LogP contribution in [0, 0.1) is 24.6 Å². The molecule has 3 heterocycles. The van der Waals surface area contributed by atoms with Crippen LogP contribution in [0.5, 0.6) is 11.8 Å². The van der Waals surface area contributed by atoms with Crippen molar-refractivity contribution in [3.05, 3.63) is 53.7 Å². The molecule has 1 saturated heterocycles. The van der Waals surface area contributed by atoms with E-state index < -0.39 is 5.82 Å². The molecule has 3 aromatic rings. The number of nitrogens with zero attached hydrogens (tertiary/aromatic N) is 6. The Balaban J connectivity index is 1.30. The largest absolute Gasteiger partial charge is 0.424 e. The molecule has 2 fully saturated rings. The first-order chi connectivity index (χ1) is 15.5. The Morgan fingerprint density at radius 1 is 1.22 bits per heavy atom. The molecular formula is C22H23ClFN7O. The first-order valence-electron chi connectivity index (χ1n) is 10.5. The number of nitrogens with one attached hydrogen (secondary N) is 1. The standard InChI is InChI=1S/C22H23ClFN7O/c1-3-31-22(32-16-6-7-18(24)17(23)9-16)28-21(29-31)27-20-14-4-5-15(20)11-30(10-14)19-8-13(2)25-12-26-19/h3,6-9,12,14-15,20H,1,4-5,10-11H2,2H3,(H,27,29)/t14-,15+,20+. The molecule has 1 aromatic carbocycles. The summed E-state index contributed by atoms with van der Waals surface area (Å²) >= 11 is 5.85. The van der Waals surface area contributed by atoms with Crippen LogP contribution in [0.25, 0.3) is 6.20 Å². The van der Waals surface area contributed by atoms with Crippen molar-refractivity contribution in [3.8, 4) is 11.8 Å². The predicted octanol–water partition coefficient (Wildman–Crippen LogP) is 4.39. The number of ether oxygens (including phenoxy) is 1. The fourth-order valence-corrected chi connectivity index (χ4v) is 4.78. The first-order valence-corrected chi connectivity index (χ1v) is 10.9. The van der Waals surface area contributed by atoms with E-state index in [-0.39, 0.29) is 17.1 Å². The van der Waals surface area contributed by atoms with E-state index in [1.54, 1.807) is 6.33 Å². The number of halogens is 2. The number of fused-ring (bicyclic) bond motifs is 2. The normalized spacial score (nSPS) is 22.1. The maximum absolute atomic E-state index is 13.4. The van der Waals surface area contributed by atoms with Gasteiger partial charge in [-0.2, -0.15) is 9.67 Å². The number of hydrogen-bond acceptors (Lipinski definition) is 7. The second-order valence-corrected chi connectivity index (χ2v) is 8.62. The summed E-state index contributed by atoms with van der Waals surface area (Å²) in [5, 5.41) is 7.95. The van der Waals surface area contributed by atoms with Crippen LogP contribution in [0.15, 0.2) is 37.2 Å². The summed E-state index contributed by atoms with van der Waals surface area (Å²) in [6.45, 7) is 7.59. The van der Waals surface area contributed by atoms with Gasteiger partial charge in [-0.25, -0.2) is 14.4 Å². The molecule has 2 aliphatic rings. The highest BCUT2D eigenvalue weighted by Gasteiger charge is 2.43. The summed E-state index contributed by atoms with van der Waals surface area (Å²) in [6, 6.07) is 6.66. The average Bonchev–Trinajstić information content (AvgIpc) is 3.25. The minimum Gasteiger partial charge on any atom is -0.424 e. The van der Waals surface area contributed by atoms with Gasteiger partial charge in [0.25, 0.3) is 0 Å². The Hall–Kier alpha value is -3.20. The topological polar surface area (TPSA) is 81.0 Å². The van der Waals surface area contributed by atoms with Crippen LogP contribution >= 0.6 is 11.6 Å². The SMILES string of the molecule is C=Cn1nc(N[C@H]2[C@@H]3CC[C@H]2CN(c2cc(C)ncn2)C3)nc1Oc1ccc(F)c(Cl)c1. The molecule has 1 saturated carbocycles. The van der Waals surface area contributed by atoms with Gasteiger partial charge in [0.15, 0.2) is 0 Å². The molecule has 166 valence electrons. The monoisotopic (exact) mass is 455 g/mol. The van der Waals surface area contributed by atoms with Crippen molar-refractivity contribution in [3.63, 3.8) is 0 Å². The highest BCUT2D eigenvalue weighted by molar-refractivity contribution is 6.30. The molecule has 5 rings (SSSR count). The van der Waals surface area contributed by atoms with Gasteiger partial charge in [-0.05, 0) is 43.7 Å². The van der Waals surface area contributed by atoms with E-state index in [2.05, 4.69) is 36.8 Å². The van der Waals surface area contributed by atoms with Crippen LogP contribution in [0.4, 0.5) is 16.2 Å². The zero-order valence-corrected chi connectivity index (χ0v) is 18.3. The quantitative estimate of drug-likeness (QED) is 0.590. The van der Waals surface area contributed by atoms with Gasteiger partial charge in [-0.1, -0.05) is 18.2 Å². The van der Waals surface area contributed by atoms with Crippen LogP contribution in [-0.4, -0.2) is 43.9 Å². The fourth-order valence-electron chi connectivity index (χ4n) is 4.61. The Kier molecular flexibility index (Phi) is 5.42. The molecule has 2 aromatic heterocycles. The molecular weight excluding hydrogens is 433 g/mol. The van der Waals surface area contributed by atoms with E-state index in [1.165, 1.54) is 29.1 Å². The molecule has 32 heavy (non-hydrogen) atoms. The van der Waals surface area contributed by atoms with Crippen molar-refractivity contribution in [2.24, 2.45) is 11.8 Å². The highest BCUT2D eigenvalue weighted by atomic mass is 35.5. The Labute approximate surface area is 190 Å². The summed E-state index contributed by atoms with van der Waals surface area (Å²) in [4.78, 5) is 15.5. The van der Waals surface area contributed by atoms with Gasteiger partial charge in [-0.3, -0.25) is 0 Å². The molecule has 3 atom stereocenters. The maximum atomic E-state index is 13.4. The van der Waals surface area contributed by atoms with Gasteiger partial charge >= 0.3 is 6.01 Å².